The number of nitrogens with two attached hydrogens (primary N) is 2. The van der Waals surface area contributed by atoms with Crippen molar-refractivity contribution in [2.75, 3.05) is 43.5 Å². The normalized spacial score (nSPS) is 20.6. The van der Waals surface area contributed by atoms with Crippen molar-refractivity contribution in [3.63, 3.8) is 0 Å². The van der Waals surface area contributed by atoms with Gasteiger partial charge in [-0.3, -0.25) is 48.6 Å². The zero-order valence-corrected chi connectivity index (χ0v) is 56.7. The Morgan fingerprint density at radius 3 is 2.24 bits per heavy atom. The minimum Gasteiger partial charge on any atom is -0.476 e. The van der Waals surface area contributed by atoms with Gasteiger partial charge in [0.1, 0.15) is 18.7 Å². The van der Waals surface area contributed by atoms with Crippen molar-refractivity contribution in [2.24, 2.45) is 33.6 Å². The fourth-order valence-corrected chi connectivity index (χ4v) is 16.8. The third-order valence-corrected chi connectivity index (χ3v) is 20.3. The van der Waals surface area contributed by atoms with Crippen LogP contribution in [-0.2, 0) is 46.6 Å². The maximum Gasteiger partial charge on any atom is 0.409 e. The Balaban J connectivity index is 0.685. The number of unbranched alkanes of at least 4 members (excludes halogenated alkanes) is 2. The number of primary amides is 1. The van der Waals surface area contributed by atoms with Gasteiger partial charge in [-0.2, -0.15) is 5.10 Å². The summed E-state index contributed by atoms with van der Waals surface area (Å²) in [5, 5.41) is 25.8. The number of nitrogens with one attached hydrogen (secondary N) is 3. The number of aromatic nitrogens is 5. The summed E-state index contributed by atoms with van der Waals surface area (Å²) >= 11 is 1.37. The summed E-state index contributed by atoms with van der Waals surface area (Å²) in [7, 11) is 1.64. The molecule has 0 radical (unpaired) electrons. The van der Waals surface area contributed by atoms with Gasteiger partial charge in [-0.05, 0) is 153 Å². The molecule has 3 aromatic carbocycles. The number of carboxylic acid groups (broad SMARTS) is 1. The number of carbonyl (C=O) groups is 9. The number of imide groups is 2. The number of rotatable bonds is 28. The maximum atomic E-state index is 14.2. The Labute approximate surface area is 571 Å². The van der Waals surface area contributed by atoms with Crippen LogP contribution < -0.4 is 32.3 Å². The Bertz CT molecular complexity index is 4230. The number of hydrogen-bond acceptors (Lipinski definition) is 17. The van der Waals surface area contributed by atoms with Crippen LogP contribution in [0.2, 0.25) is 0 Å². The molecule has 5 heterocycles. The number of fused-ring (bicyclic) bond motifs is 2. The van der Waals surface area contributed by atoms with Gasteiger partial charge in [0.2, 0.25) is 11.8 Å². The monoisotopic (exact) mass is 1350 g/mol. The first kappa shape index (κ1) is 69.6. The summed E-state index contributed by atoms with van der Waals surface area (Å²) in [6.45, 7) is 11.5. The van der Waals surface area contributed by atoms with Crippen molar-refractivity contribution in [3.8, 4) is 22.4 Å². The highest BCUT2D eigenvalue weighted by Gasteiger charge is 2.66. The molecule has 8 N–H and O–H groups in total. The Morgan fingerprint density at radius 1 is 0.816 bits per heavy atom. The zero-order chi connectivity index (χ0) is 69.8. The van der Waals surface area contributed by atoms with Crippen LogP contribution in [0.4, 0.5) is 20.4 Å². The Hall–Kier alpha value is -9.79. The first-order valence-electron chi connectivity index (χ1n) is 33.2. The SMILES string of the molecule is Cc1c(-c2ccc(-c3ccc4cncc(C(=O)Nc5nc6ccccc6s5)c4c3)nc2C(=O)O)cnn1CC12CC3(C)CC(C)(C1)CC(OCCN(C)C(=O)OCc1ccc(N(C(N)=O)C(=O)[C@H](CCCN)NC(=O)[C@@H](NC(=O)CCCCCN4C(=O)C=CC4=O)C(C)C)cc1)(C3)C2. The molecule has 4 atom stereocenters. The molecule has 1 aliphatic heterocycles. The number of para-hydroxylation sites is 1. The molecule has 98 heavy (non-hydrogen) atoms. The minimum atomic E-state index is -1.24. The number of carboxylic acids is 1. The lowest BCUT2D eigenvalue weighted by Crippen LogP contribution is -2.64. The van der Waals surface area contributed by atoms with Crippen LogP contribution in [-0.4, -0.2) is 144 Å². The highest BCUT2D eigenvalue weighted by Crippen LogP contribution is 2.72. The lowest BCUT2D eigenvalue weighted by Gasteiger charge is -2.69. The third kappa shape index (κ3) is 15.3. The molecular weight excluding hydrogens is 1270 g/mol. The average Bonchev–Trinajstić information content (AvgIpc) is 0.733. The van der Waals surface area contributed by atoms with E-state index in [9.17, 15) is 48.3 Å². The molecular formula is C72H83N13O12S. The summed E-state index contributed by atoms with van der Waals surface area (Å²) in [6.07, 6.45) is 14.2. The number of benzene rings is 3. The van der Waals surface area contributed by atoms with Crippen LogP contribution in [0.1, 0.15) is 137 Å². The zero-order valence-electron chi connectivity index (χ0n) is 55.9. The predicted molar refractivity (Wildman–Crippen MR) is 368 cm³/mol. The third-order valence-electron chi connectivity index (χ3n) is 19.4. The van der Waals surface area contributed by atoms with Crippen molar-refractivity contribution in [2.45, 2.75) is 143 Å². The first-order chi connectivity index (χ1) is 46.8. The van der Waals surface area contributed by atoms with Crippen LogP contribution in [0.25, 0.3) is 43.4 Å². The van der Waals surface area contributed by atoms with Crippen LogP contribution in [0.5, 0.6) is 0 Å². The van der Waals surface area contributed by atoms with Gasteiger partial charge in [0.15, 0.2) is 10.8 Å². The van der Waals surface area contributed by atoms with E-state index in [1.165, 1.54) is 46.7 Å². The van der Waals surface area contributed by atoms with Gasteiger partial charge in [0.05, 0.1) is 45.6 Å². The van der Waals surface area contributed by atoms with E-state index in [0.717, 1.165) is 69.6 Å². The van der Waals surface area contributed by atoms with Gasteiger partial charge in [0.25, 0.3) is 23.6 Å². The van der Waals surface area contributed by atoms with Gasteiger partial charge in [-0.25, -0.2) is 29.3 Å². The smallest absolute Gasteiger partial charge is 0.409 e. The fourth-order valence-electron chi connectivity index (χ4n) is 15.9. The van der Waals surface area contributed by atoms with E-state index in [4.69, 9.17) is 31.0 Å². The standard InChI is InChI=1S/C72H83N13O12S/c1-43(2)60(80-57(86)16-8-7-11-28-83-58(87)25-26-59(83)88)63(90)78-55(14-12-27-73)64(91)85(66(74)94)48-21-17-45(18-22-48)35-96-68(95)82(6)29-30-97-72-39-69(4)36-70(5,40-72)38-71(37-69,41-72)42-84-44(3)51(34-76-84)49-23-24-53(77-61(49)65(92)93)46-19-20-47-32-75-33-52(50(47)31-46)62(89)81-67-79-54-13-9-10-15-56(54)98-67/h9-10,13,15,17-26,31-34,43,55,60H,7-8,11-12,14,16,27-30,35-42,73H2,1-6H3,(H2,74,94)(H,78,90)(H,80,86)(H,92,93)(H,79,81,89)/t55-,60-,69?,70?,71?,72?/m0/s1. The highest BCUT2D eigenvalue weighted by molar-refractivity contribution is 7.22. The molecule has 0 spiro atoms. The number of carbonyl (C=O) groups excluding carboxylic acids is 8. The molecule has 2 unspecified atom stereocenters. The number of anilines is 2. The molecule has 4 aromatic heterocycles. The van der Waals surface area contributed by atoms with Crippen molar-refractivity contribution in [1.29, 1.82) is 0 Å². The van der Waals surface area contributed by atoms with E-state index in [1.54, 1.807) is 57.6 Å². The van der Waals surface area contributed by atoms with E-state index >= 15 is 0 Å². The predicted octanol–water partition coefficient (Wildman–Crippen LogP) is 9.69. The molecule has 4 aliphatic carbocycles. The molecule has 7 aromatic rings. The topological polar surface area (TPSA) is 347 Å². The number of pyridine rings is 2. The number of nitrogens with zero attached hydrogens (tertiary/aromatic N) is 8. The second kappa shape index (κ2) is 28.7. The number of ether oxygens (including phenoxy) is 2. The second-order valence-corrected chi connectivity index (χ2v) is 28.9. The fraction of sp³-hybridized carbons (Fsp3) is 0.431. The Kier molecular flexibility index (Phi) is 20.4. The van der Waals surface area contributed by atoms with Gasteiger partial charge in [-0.15, -0.1) is 0 Å². The molecule has 25 nitrogen and oxygen atoms in total. The number of thiazole rings is 1. The molecule has 5 aliphatic rings. The summed E-state index contributed by atoms with van der Waals surface area (Å²) in [5.41, 5.74) is 15.5. The van der Waals surface area contributed by atoms with E-state index in [0.29, 0.717) is 76.3 Å². The largest absolute Gasteiger partial charge is 0.476 e. The Morgan fingerprint density at radius 2 is 1.55 bits per heavy atom. The van der Waals surface area contributed by atoms with E-state index < -0.39 is 53.5 Å². The number of amides is 9. The summed E-state index contributed by atoms with van der Waals surface area (Å²) < 4.78 is 15.7. The molecule has 4 fully saturated rings. The molecule has 0 saturated heterocycles. The molecule has 4 saturated carbocycles. The summed E-state index contributed by atoms with van der Waals surface area (Å²) in [6, 6.07) is 19.5. The van der Waals surface area contributed by atoms with Gasteiger partial charge in [0, 0.05) is 85.4 Å². The van der Waals surface area contributed by atoms with E-state index in [1.807, 2.05) is 54.1 Å². The van der Waals surface area contributed by atoms with Crippen LogP contribution in [0.3, 0.4) is 0 Å². The highest BCUT2D eigenvalue weighted by atomic mass is 32.1. The lowest BCUT2D eigenvalue weighted by atomic mass is 9.39. The maximum absolute atomic E-state index is 14.2. The number of urea groups is 1. The van der Waals surface area contributed by atoms with Gasteiger partial charge < -0.3 is 41.6 Å². The van der Waals surface area contributed by atoms with Crippen LogP contribution in [0, 0.1) is 29.1 Å². The summed E-state index contributed by atoms with van der Waals surface area (Å²) in [4.78, 5) is 135. The second-order valence-electron chi connectivity index (χ2n) is 27.9. The molecule has 514 valence electrons. The van der Waals surface area contributed by atoms with Crippen LogP contribution in [0.15, 0.2) is 110 Å². The van der Waals surface area contributed by atoms with Crippen molar-refractivity contribution in [1.82, 2.24) is 45.2 Å². The van der Waals surface area contributed by atoms with Crippen molar-refractivity contribution < 1.29 is 57.7 Å². The summed E-state index contributed by atoms with van der Waals surface area (Å²) in [5.74, 6) is -4.55. The number of hydrogen-bond donors (Lipinski definition) is 6. The number of likely N-dealkylation sites (N-methyl/N-ethyl adjacent to an activating group) is 1. The van der Waals surface area contributed by atoms with Gasteiger partial charge >= 0.3 is 18.1 Å². The van der Waals surface area contributed by atoms with E-state index in [2.05, 4.69) is 39.8 Å². The molecule has 26 heteroatoms. The van der Waals surface area contributed by atoms with Crippen molar-refractivity contribution in [3.05, 3.63) is 132 Å². The van der Waals surface area contributed by atoms with Crippen molar-refractivity contribution >= 4 is 96.7 Å². The van der Waals surface area contributed by atoms with E-state index in [-0.39, 0.29) is 97.0 Å². The van der Waals surface area contributed by atoms with Gasteiger partial charge in [-0.1, -0.05) is 81.9 Å². The minimum absolute atomic E-state index is 0.0171. The molecule has 12 rings (SSSR count). The average molecular weight is 1350 g/mol. The van der Waals surface area contributed by atoms with Crippen LogP contribution >= 0.6 is 11.3 Å². The number of aromatic carboxylic acids is 1. The quantitative estimate of drug-likeness (QED) is 0.0196. The molecule has 9 amide bonds. The first-order valence-corrected chi connectivity index (χ1v) is 34.0. The lowest BCUT2D eigenvalue weighted by molar-refractivity contribution is -0.248. The molecule has 4 bridgehead atoms.